The van der Waals surface area contributed by atoms with Crippen LogP contribution < -0.4 is 10.9 Å². The summed E-state index contributed by atoms with van der Waals surface area (Å²) in [5.74, 6) is 0.106. The third-order valence-electron chi connectivity index (χ3n) is 3.95. The van der Waals surface area contributed by atoms with E-state index in [2.05, 4.69) is 25.6 Å². The Morgan fingerprint density at radius 1 is 1.43 bits per heavy atom. The molecule has 8 heteroatoms. The molecule has 0 bridgehead atoms. The minimum atomic E-state index is -0.452. The van der Waals surface area contributed by atoms with Gasteiger partial charge in [0, 0.05) is 23.9 Å². The third kappa shape index (κ3) is 2.52. The van der Waals surface area contributed by atoms with E-state index in [0.717, 1.165) is 17.1 Å². The highest BCUT2D eigenvalue weighted by atomic mass is 16.2. The summed E-state index contributed by atoms with van der Waals surface area (Å²) in [6, 6.07) is 3.70. The first-order valence-corrected chi connectivity index (χ1v) is 7.51. The number of fused-ring (bicyclic) bond motifs is 1. The van der Waals surface area contributed by atoms with Crippen LogP contribution in [0.3, 0.4) is 0 Å². The van der Waals surface area contributed by atoms with Gasteiger partial charge in [-0.3, -0.25) is 19.8 Å². The molecule has 0 aromatic carbocycles. The normalized spacial score (nSPS) is 14.3. The van der Waals surface area contributed by atoms with Crippen molar-refractivity contribution in [1.29, 1.82) is 0 Å². The van der Waals surface area contributed by atoms with Crippen LogP contribution in [-0.2, 0) is 6.54 Å². The lowest BCUT2D eigenvalue weighted by Gasteiger charge is -2.03. The van der Waals surface area contributed by atoms with Crippen LogP contribution in [0.2, 0.25) is 0 Å². The van der Waals surface area contributed by atoms with Crippen LogP contribution in [0.1, 0.15) is 46.2 Å². The van der Waals surface area contributed by atoms with Gasteiger partial charge in [0.1, 0.15) is 5.56 Å². The van der Waals surface area contributed by atoms with Crippen LogP contribution in [0.25, 0.3) is 5.65 Å². The summed E-state index contributed by atoms with van der Waals surface area (Å²) in [6.45, 7) is 2.12. The molecule has 4 rings (SSSR count). The standard InChI is InChI=1S/C15H16N6O2/c1-8-4-13-16-7-11(15(23)21(13)20-8)14(22)17-6-10-5-12(19-18-10)9-2-3-9/h4-5,7,9,20H,2-3,6H2,1H3,(H,17,22)(H,18,19). The monoisotopic (exact) mass is 312 g/mol. The molecule has 1 aliphatic rings. The van der Waals surface area contributed by atoms with Gasteiger partial charge < -0.3 is 5.32 Å². The summed E-state index contributed by atoms with van der Waals surface area (Å²) in [4.78, 5) is 28.7. The maximum Gasteiger partial charge on any atom is 0.285 e. The minimum Gasteiger partial charge on any atom is -0.346 e. The zero-order valence-corrected chi connectivity index (χ0v) is 12.6. The molecule has 0 aliphatic heterocycles. The van der Waals surface area contributed by atoms with E-state index in [9.17, 15) is 9.59 Å². The molecule has 0 atom stereocenters. The van der Waals surface area contributed by atoms with Crippen molar-refractivity contribution in [2.75, 3.05) is 0 Å². The predicted molar refractivity (Wildman–Crippen MR) is 82.3 cm³/mol. The molecule has 1 fully saturated rings. The highest BCUT2D eigenvalue weighted by molar-refractivity contribution is 5.93. The topological polar surface area (TPSA) is 108 Å². The number of nitrogens with one attached hydrogen (secondary N) is 3. The zero-order chi connectivity index (χ0) is 16.0. The van der Waals surface area contributed by atoms with Crippen LogP contribution in [0, 0.1) is 6.92 Å². The van der Waals surface area contributed by atoms with E-state index < -0.39 is 11.5 Å². The Kier molecular flexibility index (Phi) is 3.03. The summed E-state index contributed by atoms with van der Waals surface area (Å²) in [5, 5.41) is 12.7. The van der Waals surface area contributed by atoms with Crippen molar-refractivity contribution in [3.63, 3.8) is 0 Å². The van der Waals surface area contributed by atoms with E-state index in [-0.39, 0.29) is 5.56 Å². The lowest BCUT2D eigenvalue weighted by molar-refractivity contribution is 0.0948. The summed E-state index contributed by atoms with van der Waals surface area (Å²) >= 11 is 0. The van der Waals surface area contributed by atoms with Gasteiger partial charge >= 0.3 is 0 Å². The number of aryl methyl sites for hydroxylation is 1. The molecule has 1 amide bonds. The highest BCUT2D eigenvalue weighted by Crippen LogP contribution is 2.38. The number of amides is 1. The molecule has 3 N–H and O–H groups in total. The second-order valence-corrected chi connectivity index (χ2v) is 5.88. The zero-order valence-electron chi connectivity index (χ0n) is 12.6. The molecule has 8 nitrogen and oxygen atoms in total. The Balaban J connectivity index is 1.51. The average Bonchev–Trinajstić information content (AvgIpc) is 3.14. The maximum absolute atomic E-state index is 12.3. The Hall–Kier alpha value is -2.90. The molecule has 0 saturated heterocycles. The van der Waals surface area contributed by atoms with Gasteiger partial charge in [-0.1, -0.05) is 0 Å². The van der Waals surface area contributed by atoms with Crippen LogP contribution in [-0.4, -0.2) is 30.7 Å². The SMILES string of the molecule is Cc1cc2ncc(C(=O)NCc3cc(C4CC4)n[nH]3)c(=O)n2[nH]1. The van der Waals surface area contributed by atoms with Crippen LogP contribution in [0.15, 0.2) is 23.1 Å². The first-order valence-electron chi connectivity index (χ1n) is 7.51. The number of carbonyl (C=O) groups is 1. The Morgan fingerprint density at radius 2 is 2.26 bits per heavy atom. The fourth-order valence-electron chi connectivity index (χ4n) is 2.56. The first kappa shape index (κ1) is 13.7. The molecule has 0 unspecified atom stereocenters. The number of rotatable bonds is 4. The number of carbonyl (C=O) groups excluding carboxylic acids is 1. The molecule has 0 radical (unpaired) electrons. The van der Waals surface area contributed by atoms with Crippen molar-refractivity contribution in [2.45, 2.75) is 32.2 Å². The number of H-pyrrole nitrogens is 2. The van der Waals surface area contributed by atoms with Gasteiger partial charge in [-0.05, 0) is 25.8 Å². The van der Waals surface area contributed by atoms with E-state index in [1.54, 1.807) is 6.07 Å². The second-order valence-electron chi connectivity index (χ2n) is 5.88. The largest absolute Gasteiger partial charge is 0.346 e. The van der Waals surface area contributed by atoms with E-state index >= 15 is 0 Å². The first-order chi connectivity index (χ1) is 11.1. The van der Waals surface area contributed by atoms with Gasteiger partial charge in [0.2, 0.25) is 0 Å². The molecule has 3 heterocycles. The van der Waals surface area contributed by atoms with Gasteiger partial charge in [0.25, 0.3) is 11.5 Å². The number of hydrogen-bond donors (Lipinski definition) is 3. The Bertz CT molecular complexity index is 946. The number of nitrogens with zero attached hydrogens (tertiary/aromatic N) is 3. The molecule has 118 valence electrons. The molecular weight excluding hydrogens is 296 g/mol. The van der Waals surface area contributed by atoms with Crippen LogP contribution in [0.5, 0.6) is 0 Å². The minimum absolute atomic E-state index is 0.00582. The van der Waals surface area contributed by atoms with E-state index in [4.69, 9.17) is 0 Å². The van der Waals surface area contributed by atoms with E-state index in [1.165, 1.54) is 23.6 Å². The number of aromatic nitrogens is 5. The van der Waals surface area contributed by atoms with Crippen molar-refractivity contribution in [3.8, 4) is 0 Å². The summed E-state index contributed by atoms with van der Waals surface area (Å²) in [7, 11) is 0. The van der Waals surface area contributed by atoms with Crippen LogP contribution >= 0.6 is 0 Å². The van der Waals surface area contributed by atoms with Crippen molar-refractivity contribution in [2.24, 2.45) is 0 Å². The lowest BCUT2D eigenvalue weighted by Crippen LogP contribution is -2.31. The van der Waals surface area contributed by atoms with Gasteiger partial charge in [-0.25, -0.2) is 9.50 Å². The van der Waals surface area contributed by atoms with Crippen LogP contribution in [0.4, 0.5) is 0 Å². The molecule has 3 aromatic heterocycles. The molecule has 1 saturated carbocycles. The van der Waals surface area contributed by atoms with Crippen molar-refractivity contribution >= 4 is 11.6 Å². The van der Waals surface area contributed by atoms with Gasteiger partial charge in [0.15, 0.2) is 5.65 Å². The Morgan fingerprint density at radius 3 is 3.04 bits per heavy atom. The molecular formula is C15H16N6O2. The number of aromatic amines is 2. The second kappa shape index (κ2) is 5.08. The van der Waals surface area contributed by atoms with Crippen molar-refractivity contribution < 1.29 is 4.79 Å². The Labute approximate surface area is 130 Å². The van der Waals surface area contributed by atoms with E-state index in [0.29, 0.717) is 18.1 Å². The lowest BCUT2D eigenvalue weighted by atomic mass is 10.2. The molecule has 23 heavy (non-hydrogen) atoms. The highest BCUT2D eigenvalue weighted by Gasteiger charge is 2.26. The fourth-order valence-corrected chi connectivity index (χ4v) is 2.56. The summed E-state index contributed by atoms with van der Waals surface area (Å²) < 4.78 is 1.27. The third-order valence-corrected chi connectivity index (χ3v) is 3.95. The maximum atomic E-state index is 12.3. The van der Waals surface area contributed by atoms with Gasteiger partial charge in [-0.2, -0.15) is 5.10 Å². The fraction of sp³-hybridized carbons (Fsp3) is 0.333. The predicted octanol–water partition coefficient (Wildman–Crippen LogP) is 0.862. The molecule has 3 aromatic rings. The van der Waals surface area contributed by atoms with Gasteiger partial charge in [-0.15, -0.1) is 0 Å². The van der Waals surface area contributed by atoms with Crippen molar-refractivity contribution in [3.05, 3.63) is 51.3 Å². The van der Waals surface area contributed by atoms with Gasteiger partial charge in [0.05, 0.1) is 17.9 Å². The van der Waals surface area contributed by atoms with E-state index in [1.807, 2.05) is 13.0 Å². The summed E-state index contributed by atoms with van der Waals surface area (Å²) in [6.07, 6.45) is 3.66. The van der Waals surface area contributed by atoms with Crippen molar-refractivity contribution in [1.82, 2.24) is 30.1 Å². The molecule has 0 spiro atoms. The average molecular weight is 312 g/mol. The quantitative estimate of drug-likeness (QED) is 0.664. The summed E-state index contributed by atoms with van der Waals surface area (Å²) in [5.41, 5.74) is 2.75. The number of hydrogen-bond acceptors (Lipinski definition) is 4. The molecule has 1 aliphatic carbocycles. The smallest absolute Gasteiger partial charge is 0.285 e.